The molecule has 3 nitrogen and oxygen atoms in total. The first-order valence-electron chi connectivity index (χ1n) is 3.34. The van der Waals surface area contributed by atoms with Crippen molar-refractivity contribution in [2.75, 3.05) is 6.61 Å². The number of halogens is 3. The van der Waals surface area contributed by atoms with Gasteiger partial charge in [-0.05, 0) is 6.42 Å². The Bertz CT molecular complexity index is 189. The summed E-state index contributed by atoms with van der Waals surface area (Å²) >= 11 is 0. The molecule has 0 bridgehead atoms. The topological polar surface area (TPSA) is 46.5 Å². The van der Waals surface area contributed by atoms with E-state index >= 15 is 0 Å². The van der Waals surface area contributed by atoms with Crippen LogP contribution in [0.5, 0.6) is 0 Å². The summed E-state index contributed by atoms with van der Waals surface area (Å²) in [7, 11) is 0. The monoisotopic (exact) mass is 184 g/mol. The van der Waals surface area contributed by atoms with Gasteiger partial charge < -0.3 is 9.84 Å². The lowest BCUT2D eigenvalue weighted by Gasteiger charge is -2.17. The van der Waals surface area contributed by atoms with Gasteiger partial charge in [-0.15, -0.1) is 0 Å². The summed E-state index contributed by atoms with van der Waals surface area (Å²) in [5, 5.41) is 8.63. The predicted octanol–water partition coefficient (Wildman–Crippen LogP) is 0.473. The van der Waals surface area contributed by atoms with Crippen molar-refractivity contribution in [3.63, 3.8) is 0 Å². The summed E-state index contributed by atoms with van der Waals surface area (Å²) in [5.74, 6) is -2.41. The minimum Gasteiger partial charge on any atom is -0.465 e. The summed E-state index contributed by atoms with van der Waals surface area (Å²) in [6.07, 6.45) is -7.40. The van der Waals surface area contributed by atoms with Gasteiger partial charge in [0.2, 0.25) is 0 Å². The van der Waals surface area contributed by atoms with Crippen LogP contribution in [-0.4, -0.2) is 30.0 Å². The third-order valence-corrected chi connectivity index (χ3v) is 1.69. The molecule has 6 heteroatoms. The Morgan fingerprint density at radius 2 is 2.17 bits per heavy atom. The Hall–Kier alpha value is -0.780. The molecule has 0 aromatic rings. The lowest BCUT2D eigenvalue weighted by Crippen LogP contribution is -2.38. The second kappa shape index (κ2) is 2.93. The highest BCUT2D eigenvalue weighted by Crippen LogP contribution is 2.30. The lowest BCUT2D eigenvalue weighted by atomic mass is 10.0. The number of hydrogen-bond acceptors (Lipinski definition) is 3. The van der Waals surface area contributed by atoms with E-state index in [0.29, 0.717) is 0 Å². The Labute approximate surface area is 66.1 Å². The summed E-state index contributed by atoms with van der Waals surface area (Å²) in [6.45, 7) is -0.0450. The molecule has 1 N–H and O–H groups in total. The molecule has 70 valence electrons. The van der Waals surface area contributed by atoms with Crippen molar-refractivity contribution in [3.8, 4) is 0 Å². The highest BCUT2D eigenvalue weighted by molar-refractivity contribution is 5.74. The van der Waals surface area contributed by atoms with Gasteiger partial charge in [0, 0.05) is 0 Å². The van der Waals surface area contributed by atoms with Crippen LogP contribution in [0.2, 0.25) is 0 Å². The Morgan fingerprint density at radius 3 is 2.50 bits per heavy atom. The van der Waals surface area contributed by atoms with Crippen LogP contribution in [0.15, 0.2) is 0 Å². The first-order chi connectivity index (χ1) is 5.43. The van der Waals surface area contributed by atoms with Crippen LogP contribution in [0.1, 0.15) is 6.42 Å². The van der Waals surface area contributed by atoms with E-state index in [1.54, 1.807) is 0 Å². The smallest absolute Gasteiger partial charge is 0.415 e. The molecule has 0 saturated carbocycles. The fraction of sp³-hybridized carbons (Fsp3) is 0.833. The molecule has 1 heterocycles. The van der Waals surface area contributed by atoms with Crippen molar-refractivity contribution in [1.29, 1.82) is 0 Å². The maximum Gasteiger partial charge on any atom is 0.415 e. The molecule has 0 aromatic heterocycles. The summed E-state index contributed by atoms with van der Waals surface area (Å²) in [5.41, 5.74) is 0. The third kappa shape index (κ3) is 1.69. The van der Waals surface area contributed by atoms with E-state index in [9.17, 15) is 18.0 Å². The van der Waals surface area contributed by atoms with Gasteiger partial charge >= 0.3 is 12.1 Å². The van der Waals surface area contributed by atoms with Crippen molar-refractivity contribution in [2.45, 2.75) is 18.7 Å². The molecule has 1 aliphatic rings. The van der Waals surface area contributed by atoms with Crippen molar-refractivity contribution < 1.29 is 27.8 Å². The zero-order chi connectivity index (χ0) is 9.35. The highest BCUT2D eigenvalue weighted by atomic mass is 19.4. The molecule has 12 heavy (non-hydrogen) atoms. The molecule has 0 spiro atoms. The Balaban J connectivity index is 2.63. The quantitative estimate of drug-likeness (QED) is 0.602. The average molecular weight is 184 g/mol. The number of cyclic esters (lactones) is 1. The number of rotatable bonds is 1. The molecular formula is C6H7F3O3. The maximum atomic E-state index is 11.8. The average Bonchev–Trinajstić information content (AvgIpc) is 2.31. The van der Waals surface area contributed by atoms with Crippen molar-refractivity contribution in [3.05, 3.63) is 0 Å². The first kappa shape index (κ1) is 9.31. The summed E-state index contributed by atoms with van der Waals surface area (Å²) in [6, 6.07) is 0. The maximum absolute atomic E-state index is 11.8. The number of esters is 1. The van der Waals surface area contributed by atoms with E-state index in [0.717, 1.165) is 0 Å². The molecule has 0 radical (unpaired) electrons. The van der Waals surface area contributed by atoms with Gasteiger partial charge in [-0.2, -0.15) is 13.2 Å². The third-order valence-electron chi connectivity index (χ3n) is 1.69. The number of carbonyl (C=O) groups is 1. The van der Waals surface area contributed by atoms with Crippen LogP contribution in [0.25, 0.3) is 0 Å². The van der Waals surface area contributed by atoms with E-state index < -0.39 is 24.2 Å². The largest absolute Gasteiger partial charge is 0.465 e. The van der Waals surface area contributed by atoms with E-state index in [1.165, 1.54) is 0 Å². The number of ether oxygens (including phenoxy) is 1. The molecule has 0 amide bonds. The van der Waals surface area contributed by atoms with E-state index in [1.807, 2.05) is 0 Å². The van der Waals surface area contributed by atoms with Crippen molar-refractivity contribution in [2.24, 2.45) is 5.92 Å². The van der Waals surface area contributed by atoms with Crippen molar-refractivity contribution >= 4 is 5.97 Å². The molecule has 1 aliphatic heterocycles. The summed E-state index contributed by atoms with van der Waals surface area (Å²) in [4.78, 5) is 10.6. The molecule has 1 fully saturated rings. The predicted molar refractivity (Wildman–Crippen MR) is 31.1 cm³/mol. The first-order valence-corrected chi connectivity index (χ1v) is 3.34. The molecular weight excluding hydrogens is 177 g/mol. The molecule has 0 aliphatic carbocycles. The van der Waals surface area contributed by atoms with E-state index in [-0.39, 0.29) is 13.0 Å². The van der Waals surface area contributed by atoms with Gasteiger partial charge in [-0.25, -0.2) is 0 Å². The van der Waals surface area contributed by atoms with E-state index in [4.69, 9.17) is 5.11 Å². The van der Waals surface area contributed by atoms with Crippen LogP contribution >= 0.6 is 0 Å². The molecule has 0 aromatic carbocycles. The normalized spacial score (nSPS) is 27.0. The standard InChI is InChI=1S/C6H7F3O3/c7-6(8,9)4(10)3-1-2-12-5(3)11/h3-4,10H,1-2H2. The highest BCUT2D eigenvalue weighted by Gasteiger charge is 2.48. The zero-order valence-corrected chi connectivity index (χ0v) is 5.97. The number of aliphatic hydroxyl groups is 1. The Kier molecular flexibility index (Phi) is 2.27. The van der Waals surface area contributed by atoms with Gasteiger partial charge in [0.05, 0.1) is 12.5 Å². The van der Waals surface area contributed by atoms with Crippen LogP contribution in [-0.2, 0) is 9.53 Å². The number of hydrogen-bond donors (Lipinski definition) is 1. The number of alkyl halides is 3. The molecule has 2 unspecified atom stereocenters. The second-order valence-electron chi connectivity index (χ2n) is 2.55. The van der Waals surface area contributed by atoms with Crippen LogP contribution in [0.4, 0.5) is 13.2 Å². The second-order valence-corrected chi connectivity index (χ2v) is 2.55. The zero-order valence-electron chi connectivity index (χ0n) is 5.97. The van der Waals surface area contributed by atoms with Crippen LogP contribution in [0, 0.1) is 5.92 Å². The summed E-state index contributed by atoms with van der Waals surface area (Å²) < 4.78 is 39.7. The van der Waals surface area contributed by atoms with Gasteiger partial charge in [0.1, 0.15) is 0 Å². The van der Waals surface area contributed by atoms with Gasteiger partial charge in [-0.3, -0.25) is 4.79 Å². The van der Waals surface area contributed by atoms with Gasteiger partial charge in [0.25, 0.3) is 0 Å². The SMILES string of the molecule is O=C1OCCC1C(O)C(F)(F)F. The number of carbonyl (C=O) groups excluding carboxylic acids is 1. The van der Waals surface area contributed by atoms with Crippen LogP contribution < -0.4 is 0 Å². The minimum atomic E-state index is -4.74. The molecule has 2 atom stereocenters. The lowest BCUT2D eigenvalue weighted by molar-refractivity contribution is -0.219. The van der Waals surface area contributed by atoms with Crippen molar-refractivity contribution in [1.82, 2.24) is 0 Å². The Morgan fingerprint density at radius 1 is 1.58 bits per heavy atom. The van der Waals surface area contributed by atoms with Crippen LogP contribution in [0.3, 0.4) is 0 Å². The molecule has 1 saturated heterocycles. The van der Waals surface area contributed by atoms with E-state index in [2.05, 4.69) is 4.74 Å². The fourth-order valence-corrected chi connectivity index (χ4v) is 1.03. The number of aliphatic hydroxyl groups excluding tert-OH is 1. The fourth-order valence-electron chi connectivity index (χ4n) is 1.03. The molecule has 1 rings (SSSR count). The van der Waals surface area contributed by atoms with Gasteiger partial charge in [0.15, 0.2) is 6.10 Å². The minimum absolute atomic E-state index is 0.0450. The van der Waals surface area contributed by atoms with Gasteiger partial charge in [-0.1, -0.05) is 0 Å².